The molecule has 1 atom stereocenters. The number of hydrogen-bond donors (Lipinski definition) is 2. The lowest BCUT2D eigenvalue weighted by atomic mass is 10.1. The highest BCUT2D eigenvalue weighted by molar-refractivity contribution is 6.32. The summed E-state index contributed by atoms with van der Waals surface area (Å²) in [6.45, 7) is 0.787. The molecule has 3 rings (SSSR count). The van der Waals surface area contributed by atoms with Crippen LogP contribution in [0.4, 0.5) is 0 Å². The van der Waals surface area contributed by atoms with Crippen molar-refractivity contribution in [2.75, 3.05) is 13.2 Å². The van der Waals surface area contributed by atoms with E-state index < -0.39 is 17.9 Å². The van der Waals surface area contributed by atoms with Gasteiger partial charge in [-0.1, -0.05) is 11.6 Å². The first-order valence-electron chi connectivity index (χ1n) is 6.69. The number of carbonyl (C=O) groups is 2. The van der Waals surface area contributed by atoms with Crippen molar-refractivity contribution in [2.45, 2.75) is 18.9 Å². The molecule has 1 aliphatic heterocycles. The molecule has 1 saturated carbocycles. The molecular formula is C14H14ClNO5. The van der Waals surface area contributed by atoms with E-state index in [0.717, 1.165) is 12.8 Å². The highest BCUT2D eigenvalue weighted by atomic mass is 35.5. The van der Waals surface area contributed by atoms with E-state index in [0.29, 0.717) is 24.7 Å². The normalized spacial score (nSPS) is 18.0. The maximum Gasteiger partial charge on any atom is 0.326 e. The van der Waals surface area contributed by atoms with Crippen molar-refractivity contribution in [1.29, 1.82) is 0 Å². The lowest BCUT2D eigenvalue weighted by molar-refractivity contribution is -0.139. The number of rotatable bonds is 4. The van der Waals surface area contributed by atoms with E-state index in [-0.39, 0.29) is 16.5 Å². The standard InChI is InChI=1S/C14H14ClNO5/c15-9-5-8(6-10-12(9)21-4-3-20-10)13(17)16-11(14(18)19)7-1-2-7/h5-7,11H,1-4H2,(H,16,17)(H,18,19). The third kappa shape index (κ3) is 2.90. The lowest BCUT2D eigenvalue weighted by Gasteiger charge is -2.20. The summed E-state index contributed by atoms with van der Waals surface area (Å²) in [5.41, 5.74) is 0.260. The van der Waals surface area contributed by atoms with Gasteiger partial charge in [0.25, 0.3) is 5.91 Å². The molecule has 0 spiro atoms. The van der Waals surface area contributed by atoms with Crippen LogP contribution in [0.3, 0.4) is 0 Å². The number of carbonyl (C=O) groups excluding carboxylic acids is 1. The Morgan fingerprint density at radius 3 is 2.67 bits per heavy atom. The Bertz CT molecular complexity index is 599. The second-order valence-corrected chi connectivity index (χ2v) is 5.52. The number of ether oxygens (including phenoxy) is 2. The molecule has 0 aromatic heterocycles. The summed E-state index contributed by atoms with van der Waals surface area (Å²) in [5.74, 6) is -0.671. The van der Waals surface area contributed by atoms with Gasteiger partial charge in [-0.25, -0.2) is 4.79 Å². The second kappa shape index (κ2) is 5.44. The monoisotopic (exact) mass is 311 g/mol. The minimum Gasteiger partial charge on any atom is -0.486 e. The van der Waals surface area contributed by atoms with Gasteiger partial charge in [0, 0.05) is 5.56 Å². The van der Waals surface area contributed by atoms with Gasteiger partial charge in [-0.3, -0.25) is 4.79 Å². The van der Waals surface area contributed by atoms with Crippen LogP contribution < -0.4 is 14.8 Å². The van der Waals surface area contributed by atoms with E-state index in [1.807, 2.05) is 0 Å². The maximum atomic E-state index is 12.2. The van der Waals surface area contributed by atoms with Gasteiger partial charge in [0.1, 0.15) is 19.3 Å². The number of hydrogen-bond acceptors (Lipinski definition) is 4. The Hall–Kier alpha value is -1.95. The van der Waals surface area contributed by atoms with Gasteiger partial charge in [0.2, 0.25) is 0 Å². The van der Waals surface area contributed by atoms with Crippen molar-refractivity contribution in [3.8, 4) is 11.5 Å². The summed E-state index contributed by atoms with van der Waals surface area (Å²) in [4.78, 5) is 23.4. The van der Waals surface area contributed by atoms with Crippen molar-refractivity contribution in [3.63, 3.8) is 0 Å². The molecule has 1 heterocycles. The Balaban J connectivity index is 1.81. The fourth-order valence-electron chi connectivity index (χ4n) is 2.28. The molecule has 0 radical (unpaired) electrons. The van der Waals surface area contributed by atoms with E-state index in [1.165, 1.54) is 12.1 Å². The summed E-state index contributed by atoms with van der Waals surface area (Å²) in [7, 11) is 0. The summed E-state index contributed by atoms with van der Waals surface area (Å²) in [6, 6.07) is 2.11. The van der Waals surface area contributed by atoms with Crippen LogP contribution in [-0.2, 0) is 4.79 Å². The molecule has 0 bridgehead atoms. The minimum atomic E-state index is -1.02. The Morgan fingerprint density at radius 1 is 1.29 bits per heavy atom. The number of fused-ring (bicyclic) bond motifs is 1. The van der Waals surface area contributed by atoms with Crippen LogP contribution >= 0.6 is 11.6 Å². The number of carboxylic acid groups (broad SMARTS) is 1. The highest BCUT2D eigenvalue weighted by Crippen LogP contribution is 2.38. The summed E-state index contributed by atoms with van der Waals surface area (Å²) >= 11 is 6.06. The number of halogens is 1. The fraction of sp³-hybridized carbons (Fsp3) is 0.429. The SMILES string of the molecule is O=C(NC(C(=O)O)C1CC1)c1cc(Cl)c2c(c1)OCCO2. The molecule has 21 heavy (non-hydrogen) atoms. The minimum absolute atomic E-state index is 0.0131. The number of amides is 1. The van der Waals surface area contributed by atoms with E-state index in [4.69, 9.17) is 26.2 Å². The van der Waals surface area contributed by atoms with Crippen LogP contribution in [0.2, 0.25) is 5.02 Å². The van der Waals surface area contributed by atoms with Crippen LogP contribution in [-0.4, -0.2) is 36.2 Å². The molecular weight excluding hydrogens is 298 g/mol. The lowest BCUT2D eigenvalue weighted by Crippen LogP contribution is -2.42. The zero-order valence-corrected chi connectivity index (χ0v) is 11.9. The van der Waals surface area contributed by atoms with Crippen molar-refractivity contribution in [2.24, 2.45) is 5.92 Å². The van der Waals surface area contributed by atoms with Gasteiger partial charge < -0.3 is 19.9 Å². The smallest absolute Gasteiger partial charge is 0.326 e. The first-order valence-corrected chi connectivity index (χ1v) is 7.07. The zero-order valence-electron chi connectivity index (χ0n) is 11.1. The number of benzene rings is 1. The molecule has 2 aliphatic rings. The quantitative estimate of drug-likeness (QED) is 0.884. The van der Waals surface area contributed by atoms with Gasteiger partial charge in [0.15, 0.2) is 11.5 Å². The first kappa shape index (κ1) is 14.0. The van der Waals surface area contributed by atoms with Gasteiger partial charge in [-0.15, -0.1) is 0 Å². The topological polar surface area (TPSA) is 84.9 Å². The largest absolute Gasteiger partial charge is 0.486 e. The second-order valence-electron chi connectivity index (χ2n) is 5.11. The third-order valence-electron chi connectivity index (χ3n) is 3.51. The average molecular weight is 312 g/mol. The van der Waals surface area contributed by atoms with E-state index in [2.05, 4.69) is 5.32 Å². The maximum absolute atomic E-state index is 12.2. The van der Waals surface area contributed by atoms with E-state index >= 15 is 0 Å². The van der Waals surface area contributed by atoms with Gasteiger partial charge in [0.05, 0.1) is 5.02 Å². The van der Waals surface area contributed by atoms with Crippen LogP contribution in [0.1, 0.15) is 23.2 Å². The predicted molar refractivity (Wildman–Crippen MR) is 74.1 cm³/mol. The molecule has 1 unspecified atom stereocenters. The molecule has 2 N–H and O–H groups in total. The summed E-state index contributed by atoms with van der Waals surface area (Å²) < 4.78 is 10.8. The Morgan fingerprint density at radius 2 is 2.00 bits per heavy atom. The van der Waals surface area contributed by atoms with Gasteiger partial charge in [-0.05, 0) is 30.9 Å². The molecule has 1 aromatic rings. The van der Waals surface area contributed by atoms with Crippen molar-refractivity contribution in [3.05, 3.63) is 22.7 Å². The van der Waals surface area contributed by atoms with E-state index in [1.54, 1.807) is 0 Å². The van der Waals surface area contributed by atoms with Crippen molar-refractivity contribution < 1.29 is 24.2 Å². The predicted octanol–water partition coefficient (Wildman–Crippen LogP) is 1.70. The molecule has 1 fully saturated rings. The fourth-order valence-corrected chi connectivity index (χ4v) is 2.54. The van der Waals surface area contributed by atoms with Gasteiger partial charge in [-0.2, -0.15) is 0 Å². The summed E-state index contributed by atoms with van der Waals surface area (Å²) in [6.07, 6.45) is 1.64. The van der Waals surface area contributed by atoms with E-state index in [9.17, 15) is 9.59 Å². The molecule has 1 aliphatic carbocycles. The number of aliphatic carboxylic acids is 1. The Labute approximate surface area is 126 Å². The first-order chi connectivity index (χ1) is 10.1. The van der Waals surface area contributed by atoms with Crippen LogP contribution in [0.25, 0.3) is 0 Å². The summed E-state index contributed by atoms with van der Waals surface area (Å²) in [5, 5.41) is 11.9. The highest BCUT2D eigenvalue weighted by Gasteiger charge is 2.37. The molecule has 1 amide bonds. The molecule has 0 saturated heterocycles. The van der Waals surface area contributed by atoms with Crippen molar-refractivity contribution in [1.82, 2.24) is 5.32 Å². The average Bonchev–Trinajstić information content (AvgIpc) is 3.28. The van der Waals surface area contributed by atoms with Crippen LogP contribution in [0.15, 0.2) is 12.1 Å². The molecule has 112 valence electrons. The zero-order chi connectivity index (χ0) is 15.0. The number of nitrogens with one attached hydrogen (secondary N) is 1. The van der Waals surface area contributed by atoms with Crippen molar-refractivity contribution >= 4 is 23.5 Å². The molecule has 6 nitrogen and oxygen atoms in total. The molecule has 1 aromatic carbocycles. The third-order valence-corrected chi connectivity index (χ3v) is 3.79. The Kier molecular flexibility index (Phi) is 3.63. The number of carboxylic acids is 1. The van der Waals surface area contributed by atoms with Gasteiger partial charge >= 0.3 is 5.97 Å². The van der Waals surface area contributed by atoms with Crippen LogP contribution in [0.5, 0.6) is 11.5 Å². The molecule has 7 heteroatoms. The van der Waals surface area contributed by atoms with Crippen LogP contribution in [0, 0.1) is 5.92 Å².